The van der Waals surface area contributed by atoms with Gasteiger partial charge in [-0.3, -0.25) is 0 Å². The molecule has 0 aliphatic heterocycles. The van der Waals surface area contributed by atoms with Gasteiger partial charge in [0, 0.05) is 12.1 Å². The van der Waals surface area contributed by atoms with Gasteiger partial charge in [0.05, 0.1) is 12.8 Å². The lowest BCUT2D eigenvalue weighted by molar-refractivity contribution is -0.136. The van der Waals surface area contributed by atoms with Crippen molar-refractivity contribution in [1.82, 2.24) is 0 Å². The van der Waals surface area contributed by atoms with E-state index in [0.717, 1.165) is 5.56 Å². The Morgan fingerprint density at radius 2 is 2.24 bits per heavy atom. The fraction of sp³-hybridized carbons (Fsp3) is 0.308. The number of para-hydroxylation sites is 1. The van der Waals surface area contributed by atoms with Crippen LogP contribution in [0.3, 0.4) is 0 Å². The molecule has 1 rings (SSSR count). The van der Waals surface area contributed by atoms with E-state index >= 15 is 0 Å². The molecule has 0 heterocycles. The largest absolute Gasteiger partial charge is 0.466 e. The quantitative estimate of drug-likeness (QED) is 0.646. The maximum atomic E-state index is 13.4. The van der Waals surface area contributed by atoms with Crippen molar-refractivity contribution in [2.75, 3.05) is 19.0 Å². The highest BCUT2D eigenvalue weighted by Gasteiger charge is 2.04. The first-order valence-corrected chi connectivity index (χ1v) is 5.30. The van der Waals surface area contributed by atoms with E-state index in [1.807, 2.05) is 13.0 Å². The zero-order valence-corrected chi connectivity index (χ0v) is 10.2. The van der Waals surface area contributed by atoms with E-state index in [9.17, 15) is 9.18 Å². The van der Waals surface area contributed by atoms with Gasteiger partial charge < -0.3 is 10.1 Å². The van der Waals surface area contributed by atoms with E-state index in [1.54, 1.807) is 19.1 Å². The molecule has 1 aromatic rings. The maximum Gasteiger partial charge on any atom is 0.333 e. The normalized spacial score (nSPS) is 11.2. The van der Waals surface area contributed by atoms with Crippen LogP contribution in [0.2, 0.25) is 0 Å². The van der Waals surface area contributed by atoms with Gasteiger partial charge in [-0.25, -0.2) is 9.18 Å². The van der Waals surface area contributed by atoms with Crippen molar-refractivity contribution in [3.63, 3.8) is 0 Å². The molecule has 0 unspecified atom stereocenters. The van der Waals surface area contributed by atoms with Crippen molar-refractivity contribution in [3.8, 4) is 0 Å². The smallest absolute Gasteiger partial charge is 0.333 e. The number of carbonyl (C=O) groups is 1. The van der Waals surface area contributed by atoms with Gasteiger partial charge >= 0.3 is 5.97 Å². The number of esters is 1. The number of benzene rings is 1. The van der Waals surface area contributed by atoms with Crippen LogP contribution in [-0.2, 0) is 9.53 Å². The van der Waals surface area contributed by atoms with Gasteiger partial charge in [-0.15, -0.1) is 0 Å². The number of aryl methyl sites for hydroxylation is 1. The molecule has 0 spiro atoms. The predicted octanol–water partition coefficient (Wildman–Crippen LogP) is 2.67. The molecule has 4 heteroatoms. The van der Waals surface area contributed by atoms with Gasteiger partial charge in [0.15, 0.2) is 0 Å². The van der Waals surface area contributed by atoms with Gasteiger partial charge in [-0.1, -0.05) is 18.2 Å². The second kappa shape index (κ2) is 6.03. The molecule has 0 bridgehead atoms. The highest BCUT2D eigenvalue weighted by molar-refractivity contribution is 5.87. The third-order valence-electron chi connectivity index (χ3n) is 2.42. The first-order chi connectivity index (χ1) is 8.06. The van der Waals surface area contributed by atoms with E-state index < -0.39 is 0 Å². The summed E-state index contributed by atoms with van der Waals surface area (Å²) in [5, 5.41) is 2.93. The molecule has 0 aromatic heterocycles. The number of anilines is 1. The fourth-order valence-electron chi connectivity index (χ4n) is 1.41. The number of nitrogens with one attached hydrogen (secondary N) is 1. The van der Waals surface area contributed by atoms with Gasteiger partial charge in [0.25, 0.3) is 0 Å². The Morgan fingerprint density at radius 3 is 2.82 bits per heavy atom. The van der Waals surface area contributed by atoms with Crippen molar-refractivity contribution in [3.05, 3.63) is 41.2 Å². The summed E-state index contributed by atoms with van der Waals surface area (Å²) < 4.78 is 18.0. The average Bonchev–Trinajstić information content (AvgIpc) is 2.31. The Balaban J connectivity index is 2.66. The first kappa shape index (κ1) is 13.2. The van der Waals surface area contributed by atoms with Crippen molar-refractivity contribution in [2.45, 2.75) is 13.8 Å². The molecule has 17 heavy (non-hydrogen) atoms. The number of carbonyl (C=O) groups excluding carboxylic acids is 1. The second-order valence-corrected chi connectivity index (χ2v) is 3.69. The van der Waals surface area contributed by atoms with Crippen LogP contribution in [0.25, 0.3) is 0 Å². The highest BCUT2D eigenvalue weighted by atomic mass is 19.1. The monoisotopic (exact) mass is 237 g/mol. The Morgan fingerprint density at radius 1 is 1.53 bits per heavy atom. The van der Waals surface area contributed by atoms with Crippen molar-refractivity contribution in [1.29, 1.82) is 0 Å². The molecule has 0 aliphatic carbocycles. The molecule has 1 N–H and O–H groups in total. The number of halogens is 1. The van der Waals surface area contributed by atoms with Gasteiger partial charge in [-0.05, 0) is 25.5 Å². The van der Waals surface area contributed by atoms with Crippen LogP contribution in [-0.4, -0.2) is 19.6 Å². The fourth-order valence-corrected chi connectivity index (χ4v) is 1.41. The molecule has 92 valence electrons. The van der Waals surface area contributed by atoms with Crippen LogP contribution in [0.1, 0.15) is 12.5 Å². The second-order valence-electron chi connectivity index (χ2n) is 3.69. The van der Waals surface area contributed by atoms with Crippen LogP contribution in [0.4, 0.5) is 10.1 Å². The van der Waals surface area contributed by atoms with E-state index in [1.165, 1.54) is 13.2 Å². The zero-order chi connectivity index (χ0) is 12.8. The number of rotatable bonds is 4. The minimum Gasteiger partial charge on any atom is -0.466 e. The molecule has 0 saturated carbocycles. The molecule has 0 radical (unpaired) electrons. The minimum absolute atomic E-state index is 0.297. The third kappa shape index (κ3) is 3.59. The summed E-state index contributed by atoms with van der Waals surface area (Å²) in [6.45, 7) is 3.85. The summed E-state index contributed by atoms with van der Waals surface area (Å²) in [6.07, 6.45) is 1.66. The van der Waals surface area contributed by atoms with E-state index in [0.29, 0.717) is 17.8 Å². The predicted molar refractivity (Wildman–Crippen MR) is 65.4 cm³/mol. The highest BCUT2D eigenvalue weighted by Crippen LogP contribution is 2.18. The summed E-state index contributed by atoms with van der Waals surface area (Å²) in [5.74, 6) is -0.675. The van der Waals surface area contributed by atoms with Crippen LogP contribution in [0.5, 0.6) is 0 Å². The van der Waals surface area contributed by atoms with E-state index in [-0.39, 0.29) is 11.8 Å². The van der Waals surface area contributed by atoms with Crippen molar-refractivity contribution >= 4 is 11.7 Å². The summed E-state index contributed by atoms with van der Waals surface area (Å²) >= 11 is 0. The third-order valence-corrected chi connectivity index (χ3v) is 2.42. The van der Waals surface area contributed by atoms with E-state index in [4.69, 9.17) is 0 Å². The average molecular weight is 237 g/mol. The summed E-state index contributed by atoms with van der Waals surface area (Å²) in [7, 11) is 1.33. The standard InChI is InChI=1S/C13H16FNO2/c1-9-5-4-6-11(14)12(9)15-8-7-10(2)13(16)17-3/h4-7,15H,8H2,1-3H3/b10-7+. The van der Waals surface area contributed by atoms with Gasteiger partial charge in [-0.2, -0.15) is 0 Å². The first-order valence-electron chi connectivity index (χ1n) is 5.30. The van der Waals surface area contributed by atoms with Crippen molar-refractivity contribution < 1.29 is 13.9 Å². The zero-order valence-electron chi connectivity index (χ0n) is 10.2. The van der Waals surface area contributed by atoms with Crippen LogP contribution < -0.4 is 5.32 Å². The lowest BCUT2D eigenvalue weighted by atomic mass is 10.2. The van der Waals surface area contributed by atoms with Crippen molar-refractivity contribution in [2.24, 2.45) is 0 Å². The lowest BCUT2D eigenvalue weighted by Gasteiger charge is -2.08. The van der Waals surface area contributed by atoms with Crippen LogP contribution >= 0.6 is 0 Å². The molecule has 0 atom stereocenters. The Labute approximate surface area is 100 Å². The molecule has 0 fully saturated rings. The lowest BCUT2D eigenvalue weighted by Crippen LogP contribution is -2.07. The Bertz CT molecular complexity index is 421. The van der Waals surface area contributed by atoms with Crippen LogP contribution in [0, 0.1) is 12.7 Å². The molecule has 0 aliphatic rings. The summed E-state index contributed by atoms with van der Waals surface area (Å²) in [4.78, 5) is 11.1. The number of ether oxygens (including phenoxy) is 1. The number of methoxy groups -OCH3 is 1. The Hall–Kier alpha value is -1.84. The molecular formula is C13H16FNO2. The SMILES string of the molecule is COC(=O)/C(C)=C/CNc1c(C)cccc1F. The molecule has 1 aromatic carbocycles. The summed E-state index contributed by atoms with van der Waals surface area (Å²) in [5.41, 5.74) is 1.78. The number of hydrogen-bond donors (Lipinski definition) is 1. The molecule has 0 saturated heterocycles. The molecular weight excluding hydrogens is 221 g/mol. The maximum absolute atomic E-state index is 13.4. The topological polar surface area (TPSA) is 38.3 Å². The van der Waals surface area contributed by atoms with E-state index in [2.05, 4.69) is 10.1 Å². The number of hydrogen-bond acceptors (Lipinski definition) is 3. The summed E-state index contributed by atoms with van der Waals surface area (Å²) in [6, 6.07) is 4.87. The molecule has 0 amide bonds. The Kier molecular flexibility index (Phi) is 4.69. The minimum atomic E-state index is -0.378. The molecule has 3 nitrogen and oxygen atoms in total. The van der Waals surface area contributed by atoms with Gasteiger partial charge in [0.1, 0.15) is 5.82 Å². The van der Waals surface area contributed by atoms with Crippen LogP contribution in [0.15, 0.2) is 29.8 Å². The van der Waals surface area contributed by atoms with Gasteiger partial charge in [0.2, 0.25) is 0 Å².